The smallest absolute Gasteiger partial charge is 0.173 e. The van der Waals surface area contributed by atoms with Gasteiger partial charge in [0.2, 0.25) is 0 Å². The Labute approximate surface area is 112 Å². The lowest BCUT2D eigenvalue weighted by atomic mass is 10.1. The van der Waals surface area contributed by atoms with Gasteiger partial charge in [-0.1, -0.05) is 30.6 Å². The number of oxime groups is 1. The molecule has 0 aromatic heterocycles. The molecular formula is C14H20FN3O. The third kappa shape index (κ3) is 3.23. The summed E-state index contributed by atoms with van der Waals surface area (Å²) in [5, 5.41) is 14.8. The Hall–Kier alpha value is -1.62. The van der Waals surface area contributed by atoms with Crippen molar-refractivity contribution in [2.24, 2.45) is 16.8 Å². The standard InChI is InChI=1S/C14H20FN3O/c1-2-4-9-7-12(9)17-8-10-5-3-6-11(13(10)15)14(16)18-19/h3,5-6,9,12,17,19H,2,4,7-8H2,1H3,(H2,16,18). The van der Waals surface area contributed by atoms with Gasteiger partial charge in [-0.2, -0.15) is 0 Å². The van der Waals surface area contributed by atoms with E-state index in [1.807, 2.05) is 0 Å². The maximum absolute atomic E-state index is 14.1. The van der Waals surface area contributed by atoms with Crippen LogP contribution < -0.4 is 11.1 Å². The number of nitrogens with zero attached hydrogens (tertiary/aromatic N) is 1. The summed E-state index contributed by atoms with van der Waals surface area (Å²) in [5.41, 5.74) is 6.12. The molecule has 104 valence electrons. The lowest BCUT2D eigenvalue weighted by Crippen LogP contribution is -2.21. The van der Waals surface area contributed by atoms with E-state index in [9.17, 15) is 4.39 Å². The number of nitrogens with one attached hydrogen (secondary N) is 1. The van der Waals surface area contributed by atoms with Crippen molar-refractivity contribution in [2.45, 2.75) is 38.8 Å². The molecule has 0 radical (unpaired) electrons. The Morgan fingerprint density at radius 2 is 2.37 bits per heavy atom. The van der Waals surface area contributed by atoms with E-state index in [1.54, 1.807) is 12.1 Å². The lowest BCUT2D eigenvalue weighted by Gasteiger charge is -2.08. The molecular weight excluding hydrogens is 245 g/mol. The van der Waals surface area contributed by atoms with Gasteiger partial charge < -0.3 is 16.3 Å². The fraction of sp³-hybridized carbons (Fsp3) is 0.500. The zero-order valence-electron chi connectivity index (χ0n) is 11.1. The van der Waals surface area contributed by atoms with Gasteiger partial charge in [-0.15, -0.1) is 0 Å². The van der Waals surface area contributed by atoms with E-state index in [1.165, 1.54) is 25.3 Å². The molecule has 2 rings (SSSR count). The summed E-state index contributed by atoms with van der Waals surface area (Å²) in [6, 6.07) is 5.44. The first-order valence-corrected chi connectivity index (χ1v) is 6.66. The average Bonchev–Trinajstić information content (AvgIpc) is 3.15. The van der Waals surface area contributed by atoms with Crippen molar-refractivity contribution in [3.05, 3.63) is 35.1 Å². The molecule has 2 unspecified atom stereocenters. The van der Waals surface area contributed by atoms with E-state index in [0.29, 0.717) is 18.2 Å². The molecule has 4 N–H and O–H groups in total. The Morgan fingerprint density at radius 3 is 3.05 bits per heavy atom. The average molecular weight is 265 g/mol. The van der Waals surface area contributed by atoms with Gasteiger partial charge in [0.1, 0.15) is 5.82 Å². The molecule has 1 aliphatic rings. The normalized spacial score (nSPS) is 22.5. The zero-order chi connectivity index (χ0) is 13.8. The second kappa shape index (κ2) is 6.02. The Balaban J connectivity index is 1.98. The number of rotatable bonds is 6. The van der Waals surface area contributed by atoms with Crippen molar-refractivity contribution in [2.75, 3.05) is 0 Å². The maximum atomic E-state index is 14.1. The quantitative estimate of drug-likeness (QED) is 0.319. The summed E-state index contributed by atoms with van der Waals surface area (Å²) < 4.78 is 14.1. The van der Waals surface area contributed by atoms with Crippen LogP contribution in [0.15, 0.2) is 23.4 Å². The Bertz CT molecular complexity index is 476. The molecule has 0 heterocycles. The number of amidine groups is 1. The van der Waals surface area contributed by atoms with Gasteiger partial charge in [0.05, 0.1) is 5.56 Å². The molecule has 5 heteroatoms. The first kappa shape index (κ1) is 13.8. The van der Waals surface area contributed by atoms with Crippen LogP contribution in [-0.2, 0) is 6.54 Å². The fourth-order valence-corrected chi connectivity index (χ4v) is 2.40. The second-order valence-electron chi connectivity index (χ2n) is 5.04. The minimum Gasteiger partial charge on any atom is -0.409 e. The van der Waals surface area contributed by atoms with Crippen LogP contribution in [0.5, 0.6) is 0 Å². The molecule has 0 amide bonds. The van der Waals surface area contributed by atoms with Gasteiger partial charge in [0.25, 0.3) is 0 Å². The highest BCUT2D eigenvalue weighted by Gasteiger charge is 2.35. The Kier molecular flexibility index (Phi) is 4.37. The Morgan fingerprint density at radius 1 is 1.58 bits per heavy atom. The van der Waals surface area contributed by atoms with Gasteiger partial charge in [-0.25, -0.2) is 4.39 Å². The first-order valence-electron chi connectivity index (χ1n) is 6.66. The van der Waals surface area contributed by atoms with E-state index >= 15 is 0 Å². The minimum atomic E-state index is -0.419. The lowest BCUT2D eigenvalue weighted by molar-refractivity contribution is 0.318. The summed E-state index contributed by atoms with van der Waals surface area (Å²) in [6.07, 6.45) is 3.59. The molecule has 1 aliphatic carbocycles. The van der Waals surface area contributed by atoms with Gasteiger partial charge >= 0.3 is 0 Å². The topological polar surface area (TPSA) is 70.6 Å². The van der Waals surface area contributed by atoms with Crippen molar-refractivity contribution in [1.82, 2.24) is 5.32 Å². The molecule has 0 aliphatic heterocycles. The summed E-state index contributed by atoms with van der Waals surface area (Å²) in [7, 11) is 0. The third-order valence-corrected chi connectivity index (χ3v) is 3.60. The molecule has 2 atom stereocenters. The van der Waals surface area contributed by atoms with Crippen LogP contribution in [0.1, 0.15) is 37.3 Å². The molecule has 1 saturated carbocycles. The number of halogens is 1. The van der Waals surface area contributed by atoms with E-state index < -0.39 is 5.82 Å². The highest BCUT2D eigenvalue weighted by Crippen LogP contribution is 2.34. The minimum absolute atomic E-state index is 0.141. The van der Waals surface area contributed by atoms with Crippen LogP contribution in [0.4, 0.5) is 4.39 Å². The molecule has 1 aromatic rings. The molecule has 1 aromatic carbocycles. The van der Waals surface area contributed by atoms with Gasteiger partial charge in [-0.05, 0) is 24.8 Å². The largest absolute Gasteiger partial charge is 0.409 e. The third-order valence-electron chi connectivity index (χ3n) is 3.60. The highest BCUT2D eigenvalue weighted by molar-refractivity contribution is 5.97. The fourth-order valence-electron chi connectivity index (χ4n) is 2.40. The van der Waals surface area contributed by atoms with Gasteiger partial charge in [0, 0.05) is 18.2 Å². The molecule has 1 fully saturated rings. The summed E-state index contributed by atoms with van der Waals surface area (Å²) >= 11 is 0. The summed E-state index contributed by atoms with van der Waals surface area (Å²) in [6.45, 7) is 2.65. The predicted molar refractivity (Wildman–Crippen MR) is 72.6 cm³/mol. The predicted octanol–water partition coefficient (Wildman–Crippen LogP) is 2.20. The number of benzene rings is 1. The second-order valence-corrected chi connectivity index (χ2v) is 5.04. The van der Waals surface area contributed by atoms with E-state index in [4.69, 9.17) is 10.9 Å². The van der Waals surface area contributed by atoms with E-state index in [-0.39, 0.29) is 11.4 Å². The van der Waals surface area contributed by atoms with Crippen molar-refractivity contribution >= 4 is 5.84 Å². The van der Waals surface area contributed by atoms with Gasteiger partial charge in [-0.3, -0.25) is 0 Å². The number of nitrogens with two attached hydrogens (primary N) is 1. The maximum Gasteiger partial charge on any atom is 0.173 e. The SMILES string of the molecule is CCCC1CC1NCc1cccc(/C(N)=N/O)c1F. The molecule has 0 bridgehead atoms. The molecule has 19 heavy (non-hydrogen) atoms. The van der Waals surface area contributed by atoms with E-state index in [2.05, 4.69) is 17.4 Å². The zero-order valence-corrected chi connectivity index (χ0v) is 11.1. The summed E-state index contributed by atoms with van der Waals surface area (Å²) in [4.78, 5) is 0. The van der Waals surface area contributed by atoms with Gasteiger partial charge in [0.15, 0.2) is 5.84 Å². The molecule has 0 spiro atoms. The van der Waals surface area contributed by atoms with Crippen molar-refractivity contribution in [3.63, 3.8) is 0 Å². The first-order chi connectivity index (χ1) is 9.17. The van der Waals surface area contributed by atoms with Crippen LogP contribution in [0.2, 0.25) is 0 Å². The van der Waals surface area contributed by atoms with Crippen LogP contribution in [0, 0.1) is 11.7 Å². The van der Waals surface area contributed by atoms with Crippen LogP contribution in [-0.4, -0.2) is 17.1 Å². The highest BCUT2D eigenvalue weighted by atomic mass is 19.1. The molecule has 0 saturated heterocycles. The van der Waals surface area contributed by atoms with Crippen molar-refractivity contribution in [1.29, 1.82) is 0 Å². The number of hydrogen-bond donors (Lipinski definition) is 3. The van der Waals surface area contributed by atoms with E-state index in [0.717, 1.165) is 5.92 Å². The van der Waals surface area contributed by atoms with Crippen LogP contribution >= 0.6 is 0 Å². The monoisotopic (exact) mass is 265 g/mol. The molecule has 4 nitrogen and oxygen atoms in total. The van der Waals surface area contributed by atoms with Crippen LogP contribution in [0.3, 0.4) is 0 Å². The van der Waals surface area contributed by atoms with Crippen LogP contribution in [0.25, 0.3) is 0 Å². The number of hydrogen-bond acceptors (Lipinski definition) is 3. The van der Waals surface area contributed by atoms with Crippen molar-refractivity contribution in [3.8, 4) is 0 Å². The van der Waals surface area contributed by atoms with Crippen molar-refractivity contribution < 1.29 is 9.60 Å². The summed E-state index contributed by atoms with van der Waals surface area (Å²) in [5.74, 6) is 0.118.